The second kappa shape index (κ2) is 11.3. The van der Waals surface area contributed by atoms with Crippen molar-refractivity contribution in [2.24, 2.45) is 5.10 Å². The third kappa shape index (κ3) is 6.66. The zero-order valence-corrected chi connectivity index (χ0v) is 17.6. The number of carbonyl (C=O) groups excluding carboxylic acids is 1. The molecular formula is C24H23N3O5. The Hall–Kier alpha value is -4.20. The maximum absolute atomic E-state index is 12.2. The summed E-state index contributed by atoms with van der Waals surface area (Å²) in [6.07, 6.45) is 2.46. The number of amides is 1. The van der Waals surface area contributed by atoms with Gasteiger partial charge in [-0.3, -0.25) is 14.9 Å². The Morgan fingerprint density at radius 2 is 1.59 bits per heavy atom. The first-order valence-electron chi connectivity index (χ1n) is 10.1. The van der Waals surface area contributed by atoms with Crippen LogP contribution in [0.5, 0.6) is 11.5 Å². The number of nitrogens with one attached hydrogen (secondary N) is 1. The van der Waals surface area contributed by atoms with Crippen LogP contribution in [0.25, 0.3) is 0 Å². The van der Waals surface area contributed by atoms with Gasteiger partial charge in [0.1, 0.15) is 18.1 Å². The summed E-state index contributed by atoms with van der Waals surface area (Å²) in [5.74, 6) is 1.06. The largest absolute Gasteiger partial charge is 0.494 e. The van der Waals surface area contributed by atoms with E-state index in [-0.39, 0.29) is 11.6 Å². The van der Waals surface area contributed by atoms with E-state index in [9.17, 15) is 14.9 Å². The number of nitrogens with zero attached hydrogens (tertiary/aromatic N) is 2. The molecule has 0 unspecified atom stereocenters. The maximum atomic E-state index is 12.2. The van der Waals surface area contributed by atoms with E-state index in [2.05, 4.69) is 10.5 Å². The predicted molar refractivity (Wildman–Crippen MR) is 121 cm³/mol. The molecular weight excluding hydrogens is 410 g/mol. The van der Waals surface area contributed by atoms with Gasteiger partial charge in [-0.25, -0.2) is 5.43 Å². The fourth-order valence-corrected chi connectivity index (χ4v) is 2.68. The standard InChI is InChI=1S/C24H23N3O5/c1-2-15-31-22-13-7-20(8-14-22)24(28)26-25-16-18-5-11-23(12-6-18)32-17-19-3-9-21(10-4-19)27(29)30/h3-14,16H,2,15,17H2,1H3,(H,26,28)/b25-16+. The van der Waals surface area contributed by atoms with Gasteiger partial charge in [-0.1, -0.05) is 6.92 Å². The first-order chi connectivity index (χ1) is 15.5. The van der Waals surface area contributed by atoms with E-state index in [1.54, 1.807) is 60.7 Å². The molecule has 0 atom stereocenters. The summed E-state index contributed by atoms with van der Waals surface area (Å²) in [6.45, 7) is 2.96. The van der Waals surface area contributed by atoms with Crippen LogP contribution in [0.2, 0.25) is 0 Å². The molecule has 0 spiro atoms. The van der Waals surface area contributed by atoms with E-state index in [0.717, 1.165) is 23.3 Å². The molecule has 32 heavy (non-hydrogen) atoms. The van der Waals surface area contributed by atoms with Crippen LogP contribution in [-0.4, -0.2) is 23.7 Å². The van der Waals surface area contributed by atoms with Gasteiger partial charge in [-0.05, 0) is 78.2 Å². The molecule has 3 aromatic rings. The van der Waals surface area contributed by atoms with Crippen molar-refractivity contribution in [2.75, 3.05) is 6.61 Å². The molecule has 3 rings (SSSR count). The lowest BCUT2D eigenvalue weighted by Gasteiger charge is -2.06. The van der Waals surface area contributed by atoms with Crippen LogP contribution >= 0.6 is 0 Å². The third-order valence-corrected chi connectivity index (χ3v) is 4.40. The molecule has 3 aromatic carbocycles. The Kier molecular flexibility index (Phi) is 7.91. The van der Waals surface area contributed by atoms with Gasteiger partial charge in [0, 0.05) is 17.7 Å². The summed E-state index contributed by atoms with van der Waals surface area (Å²) in [7, 11) is 0. The Bertz CT molecular complexity index is 1060. The summed E-state index contributed by atoms with van der Waals surface area (Å²) < 4.78 is 11.2. The van der Waals surface area contributed by atoms with Gasteiger partial charge < -0.3 is 9.47 Å². The fraction of sp³-hybridized carbons (Fsp3) is 0.167. The first-order valence-corrected chi connectivity index (χ1v) is 10.1. The number of hydrazone groups is 1. The van der Waals surface area contributed by atoms with Crippen LogP contribution in [-0.2, 0) is 6.61 Å². The van der Waals surface area contributed by atoms with Crippen molar-refractivity contribution in [1.82, 2.24) is 5.43 Å². The van der Waals surface area contributed by atoms with Crippen molar-refractivity contribution >= 4 is 17.8 Å². The summed E-state index contributed by atoms with van der Waals surface area (Å²) in [4.78, 5) is 22.4. The van der Waals surface area contributed by atoms with Gasteiger partial charge >= 0.3 is 0 Å². The third-order valence-electron chi connectivity index (χ3n) is 4.40. The molecule has 8 nitrogen and oxygen atoms in total. The summed E-state index contributed by atoms with van der Waals surface area (Å²) >= 11 is 0. The molecule has 0 aliphatic heterocycles. The van der Waals surface area contributed by atoms with Crippen molar-refractivity contribution < 1.29 is 19.2 Å². The summed E-state index contributed by atoms with van der Waals surface area (Å²) in [5.41, 5.74) is 4.64. The highest BCUT2D eigenvalue weighted by atomic mass is 16.6. The predicted octanol–water partition coefficient (Wildman–Crippen LogP) is 4.73. The number of nitro benzene ring substituents is 1. The molecule has 0 aliphatic rings. The van der Waals surface area contributed by atoms with Crippen molar-refractivity contribution in [3.05, 3.63) is 99.6 Å². The van der Waals surface area contributed by atoms with E-state index in [0.29, 0.717) is 24.5 Å². The summed E-state index contributed by atoms with van der Waals surface area (Å²) in [6, 6.07) is 20.3. The molecule has 1 N–H and O–H groups in total. The van der Waals surface area contributed by atoms with Crippen molar-refractivity contribution in [2.45, 2.75) is 20.0 Å². The van der Waals surface area contributed by atoms with Crippen LogP contribution < -0.4 is 14.9 Å². The normalized spacial score (nSPS) is 10.7. The van der Waals surface area contributed by atoms with Gasteiger partial charge in [0.2, 0.25) is 0 Å². The second-order valence-corrected chi connectivity index (χ2v) is 6.85. The molecule has 0 saturated heterocycles. The average Bonchev–Trinajstić information content (AvgIpc) is 2.82. The monoisotopic (exact) mass is 433 g/mol. The number of hydrogen-bond donors (Lipinski definition) is 1. The smallest absolute Gasteiger partial charge is 0.271 e. The lowest BCUT2D eigenvalue weighted by Crippen LogP contribution is -2.17. The van der Waals surface area contributed by atoms with Crippen LogP contribution in [0.1, 0.15) is 34.8 Å². The molecule has 0 aromatic heterocycles. The number of nitro groups is 1. The zero-order chi connectivity index (χ0) is 22.8. The topological polar surface area (TPSA) is 103 Å². The fourth-order valence-electron chi connectivity index (χ4n) is 2.68. The minimum absolute atomic E-state index is 0.0440. The number of hydrogen-bond acceptors (Lipinski definition) is 6. The highest BCUT2D eigenvalue weighted by molar-refractivity contribution is 5.95. The van der Waals surface area contributed by atoms with Gasteiger partial charge in [-0.2, -0.15) is 5.10 Å². The van der Waals surface area contributed by atoms with E-state index >= 15 is 0 Å². The molecule has 0 radical (unpaired) electrons. The zero-order valence-electron chi connectivity index (χ0n) is 17.6. The van der Waals surface area contributed by atoms with Crippen LogP contribution in [0.4, 0.5) is 5.69 Å². The molecule has 0 aliphatic carbocycles. The lowest BCUT2D eigenvalue weighted by molar-refractivity contribution is -0.384. The highest BCUT2D eigenvalue weighted by Gasteiger charge is 2.05. The second-order valence-electron chi connectivity index (χ2n) is 6.85. The Balaban J connectivity index is 1.47. The number of benzene rings is 3. The molecule has 1 amide bonds. The van der Waals surface area contributed by atoms with E-state index in [1.165, 1.54) is 18.3 Å². The van der Waals surface area contributed by atoms with Gasteiger partial charge in [0.05, 0.1) is 17.7 Å². The maximum Gasteiger partial charge on any atom is 0.271 e. The first kappa shape index (κ1) is 22.5. The minimum atomic E-state index is -0.438. The van der Waals surface area contributed by atoms with Gasteiger partial charge in [0.15, 0.2) is 0 Å². The van der Waals surface area contributed by atoms with Crippen molar-refractivity contribution in [3.63, 3.8) is 0 Å². The van der Waals surface area contributed by atoms with Crippen LogP contribution in [0.15, 0.2) is 77.9 Å². The number of ether oxygens (including phenoxy) is 2. The SMILES string of the molecule is CCCOc1ccc(C(=O)N/N=C/c2ccc(OCc3ccc([N+](=O)[O-])cc3)cc2)cc1. The molecule has 0 bridgehead atoms. The van der Waals surface area contributed by atoms with Crippen molar-refractivity contribution in [3.8, 4) is 11.5 Å². The molecule has 164 valence electrons. The van der Waals surface area contributed by atoms with Gasteiger partial charge in [-0.15, -0.1) is 0 Å². The number of carbonyl (C=O) groups is 1. The summed E-state index contributed by atoms with van der Waals surface area (Å²) in [5, 5.41) is 14.7. The Morgan fingerprint density at radius 3 is 2.22 bits per heavy atom. The Morgan fingerprint density at radius 1 is 0.969 bits per heavy atom. The minimum Gasteiger partial charge on any atom is -0.494 e. The van der Waals surface area contributed by atoms with E-state index in [1.807, 2.05) is 6.92 Å². The lowest BCUT2D eigenvalue weighted by atomic mass is 10.2. The van der Waals surface area contributed by atoms with E-state index in [4.69, 9.17) is 9.47 Å². The molecule has 0 fully saturated rings. The Labute approximate surface area is 185 Å². The highest BCUT2D eigenvalue weighted by Crippen LogP contribution is 2.16. The number of non-ortho nitro benzene ring substituents is 1. The van der Waals surface area contributed by atoms with Gasteiger partial charge in [0.25, 0.3) is 11.6 Å². The molecule has 8 heteroatoms. The van der Waals surface area contributed by atoms with Crippen LogP contribution in [0.3, 0.4) is 0 Å². The van der Waals surface area contributed by atoms with Crippen molar-refractivity contribution in [1.29, 1.82) is 0 Å². The number of rotatable bonds is 10. The quantitative estimate of drug-likeness (QED) is 0.283. The van der Waals surface area contributed by atoms with Crippen LogP contribution in [0, 0.1) is 10.1 Å². The average molecular weight is 433 g/mol. The molecule has 0 heterocycles. The van der Waals surface area contributed by atoms with E-state index < -0.39 is 4.92 Å². The molecule has 0 saturated carbocycles.